The summed E-state index contributed by atoms with van der Waals surface area (Å²) < 4.78 is 12.3. The van der Waals surface area contributed by atoms with Crippen LogP contribution < -0.4 is 5.73 Å². The molecule has 10 heteroatoms. The van der Waals surface area contributed by atoms with Crippen molar-refractivity contribution in [2.45, 2.75) is 52.7 Å². The molecule has 3 rings (SSSR count). The molecule has 0 aliphatic carbocycles. The van der Waals surface area contributed by atoms with E-state index in [4.69, 9.17) is 15.2 Å². The van der Waals surface area contributed by atoms with Gasteiger partial charge in [0.05, 0.1) is 12.2 Å². The summed E-state index contributed by atoms with van der Waals surface area (Å²) in [6.45, 7) is 8.31. The first kappa shape index (κ1) is 20.0. The van der Waals surface area contributed by atoms with Gasteiger partial charge in [-0.3, -0.25) is 9.59 Å². The molecule has 28 heavy (non-hydrogen) atoms. The van der Waals surface area contributed by atoms with Gasteiger partial charge >= 0.3 is 5.97 Å². The SMILES string of the molecule is Cc1nc2nc(N)nn2c(C)c1CCC(=O)OCC(=O)N1C[C@@H](C)O[C@H](C)C1. The summed E-state index contributed by atoms with van der Waals surface area (Å²) >= 11 is 0. The van der Waals surface area contributed by atoms with E-state index in [0.717, 1.165) is 17.0 Å². The van der Waals surface area contributed by atoms with Crippen LogP contribution in [0.1, 0.15) is 37.2 Å². The molecule has 152 valence electrons. The highest BCUT2D eigenvalue weighted by molar-refractivity contribution is 5.80. The van der Waals surface area contributed by atoms with Crippen molar-refractivity contribution < 1.29 is 19.1 Å². The molecule has 0 saturated carbocycles. The molecule has 2 aromatic rings. The maximum Gasteiger partial charge on any atom is 0.306 e. The van der Waals surface area contributed by atoms with E-state index in [2.05, 4.69) is 15.1 Å². The van der Waals surface area contributed by atoms with Gasteiger partial charge in [0.1, 0.15) is 0 Å². The van der Waals surface area contributed by atoms with Crippen LogP contribution in [0.5, 0.6) is 0 Å². The smallest absolute Gasteiger partial charge is 0.306 e. The molecular weight excluding hydrogens is 364 g/mol. The predicted octanol–water partition coefficient (Wildman–Crippen LogP) is 0.435. The third kappa shape index (κ3) is 4.38. The molecule has 2 N–H and O–H groups in total. The van der Waals surface area contributed by atoms with Gasteiger partial charge in [0.2, 0.25) is 5.95 Å². The number of amides is 1. The van der Waals surface area contributed by atoms with Crippen LogP contribution in [0.2, 0.25) is 0 Å². The number of hydrogen-bond acceptors (Lipinski definition) is 8. The van der Waals surface area contributed by atoms with E-state index >= 15 is 0 Å². The first-order chi connectivity index (χ1) is 13.2. The number of ether oxygens (including phenoxy) is 2. The molecule has 2 atom stereocenters. The van der Waals surface area contributed by atoms with E-state index < -0.39 is 5.97 Å². The van der Waals surface area contributed by atoms with Crippen molar-refractivity contribution in [3.63, 3.8) is 0 Å². The van der Waals surface area contributed by atoms with Gasteiger partial charge < -0.3 is 20.1 Å². The monoisotopic (exact) mass is 390 g/mol. The summed E-state index contributed by atoms with van der Waals surface area (Å²) in [6.07, 6.45) is 0.520. The van der Waals surface area contributed by atoms with E-state index in [1.165, 1.54) is 0 Å². The fourth-order valence-corrected chi connectivity index (χ4v) is 3.50. The van der Waals surface area contributed by atoms with Crippen molar-refractivity contribution in [2.24, 2.45) is 0 Å². The quantitative estimate of drug-likeness (QED) is 0.729. The van der Waals surface area contributed by atoms with Crippen LogP contribution in [-0.4, -0.2) is 68.3 Å². The lowest BCUT2D eigenvalue weighted by molar-refractivity contribution is -0.157. The number of carbonyl (C=O) groups is 2. The number of esters is 1. The van der Waals surface area contributed by atoms with Crippen LogP contribution in [0.4, 0.5) is 5.95 Å². The molecule has 0 unspecified atom stereocenters. The molecule has 3 heterocycles. The number of nitrogens with zero attached hydrogens (tertiary/aromatic N) is 5. The molecule has 0 spiro atoms. The summed E-state index contributed by atoms with van der Waals surface area (Å²) in [5, 5.41) is 4.11. The zero-order valence-corrected chi connectivity index (χ0v) is 16.6. The first-order valence-electron chi connectivity index (χ1n) is 9.31. The van der Waals surface area contributed by atoms with Gasteiger partial charge in [-0.2, -0.15) is 9.50 Å². The number of aromatic nitrogens is 4. The average Bonchev–Trinajstić information content (AvgIpc) is 2.99. The van der Waals surface area contributed by atoms with Crippen molar-refractivity contribution in [2.75, 3.05) is 25.4 Å². The third-order valence-corrected chi connectivity index (χ3v) is 4.77. The van der Waals surface area contributed by atoms with Crippen molar-refractivity contribution in [3.8, 4) is 0 Å². The van der Waals surface area contributed by atoms with Gasteiger partial charge in [0.15, 0.2) is 6.61 Å². The van der Waals surface area contributed by atoms with Crippen LogP contribution in [0.25, 0.3) is 5.78 Å². The van der Waals surface area contributed by atoms with Crippen LogP contribution in [0, 0.1) is 13.8 Å². The van der Waals surface area contributed by atoms with Crippen LogP contribution in [-0.2, 0) is 25.5 Å². The highest BCUT2D eigenvalue weighted by Crippen LogP contribution is 2.16. The van der Waals surface area contributed by atoms with Crippen molar-refractivity contribution >= 4 is 23.6 Å². The van der Waals surface area contributed by atoms with Gasteiger partial charge in [-0.05, 0) is 39.7 Å². The highest BCUT2D eigenvalue weighted by atomic mass is 16.5. The Bertz CT molecular complexity index is 886. The van der Waals surface area contributed by atoms with Crippen molar-refractivity contribution in [3.05, 3.63) is 17.0 Å². The Kier molecular flexibility index (Phi) is 5.78. The van der Waals surface area contributed by atoms with Crippen LogP contribution >= 0.6 is 0 Å². The number of morpholine rings is 1. The Balaban J connectivity index is 1.54. The maximum absolute atomic E-state index is 12.3. The van der Waals surface area contributed by atoms with E-state index in [-0.39, 0.29) is 37.1 Å². The Morgan fingerprint density at radius 3 is 2.57 bits per heavy atom. The van der Waals surface area contributed by atoms with E-state index in [9.17, 15) is 9.59 Å². The maximum atomic E-state index is 12.3. The third-order valence-electron chi connectivity index (χ3n) is 4.77. The fourth-order valence-electron chi connectivity index (χ4n) is 3.50. The van der Waals surface area contributed by atoms with E-state index in [1.54, 1.807) is 9.42 Å². The number of hydrogen-bond donors (Lipinski definition) is 1. The van der Waals surface area contributed by atoms with Crippen LogP contribution in [0.3, 0.4) is 0 Å². The topological polar surface area (TPSA) is 125 Å². The fraction of sp³-hybridized carbons (Fsp3) is 0.611. The van der Waals surface area contributed by atoms with E-state index in [0.29, 0.717) is 25.3 Å². The second kappa shape index (κ2) is 8.09. The number of rotatable bonds is 5. The normalized spacial score (nSPS) is 19.8. The molecule has 1 amide bonds. The number of fused-ring (bicyclic) bond motifs is 1. The lowest BCUT2D eigenvalue weighted by atomic mass is 10.1. The summed E-state index contributed by atoms with van der Waals surface area (Å²) in [4.78, 5) is 34.5. The molecule has 10 nitrogen and oxygen atoms in total. The van der Waals surface area contributed by atoms with Gasteiger partial charge in [-0.1, -0.05) is 0 Å². The summed E-state index contributed by atoms with van der Waals surface area (Å²) in [6, 6.07) is 0. The number of nitrogens with two attached hydrogens (primary N) is 1. The van der Waals surface area contributed by atoms with Gasteiger partial charge in [-0.25, -0.2) is 4.98 Å². The lowest BCUT2D eigenvalue weighted by Crippen LogP contribution is -2.49. The zero-order chi connectivity index (χ0) is 20.4. The molecule has 2 aromatic heterocycles. The Morgan fingerprint density at radius 1 is 1.21 bits per heavy atom. The molecule has 1 saturated heterocycles. The van der Waals surface area contributed by atoms with Crippen molar-refractivity contribution in [1.29, 1.82) is 0 Å². The minimum atomic E-state index is -0.431. The Morgan fingerprint density at radius 2 is 1.89 bits per heavy atom. The highest BCUT2D eigenvalue weighted by Gasteiger charge is 2.26. The standard InChI is InChI=1S/C18H26N6O4/c1-10-7-23(8-11(2)28-10)15(25)9-27-16(26)6-5-14-12(3)20-18-21-17(19)22-24(18)13(14)4/h10-11H,5-9H2,1-4H3,(H2,19,22)/t10-,11-/m1/s1. The summed E-state index contributed by atoms with van der Waals surface area (Å²) in [7, 11) is 0. The number of anilines is 1. The lowest BCUT2D eigenvalue weighted by Gasteiger charge is -2.35. The summed E-state index contributed by atoms with van der Waals surface area (Å²) in [5.41, 5.74) is 8.10. The van der Waals surface area contributed by atoms with Gasteiger partial charge in [0, 0.05) is 30.9 Å². The first-order valence-corrected chi connectivity index (χ1v) is 9.31. The summed E-state index contributed by atoms with van der Waals surface area (Å²) in [5.74, 6) is -0.0567. The predicted molar refractivity (Wildman–Crippen MR) is 101 cm³/mol. The second-order valence-electron chi connectivity index (χ2n) is 7.16. The molecule has 1 fully saturated rings. The Labute approximate surface area is 163 Å². The molecule has 0 radical (unpaired) electrons. The van der Waals surface area contributed by atoms with Crippen LogP contribution in [0.15, 0.2) is 0 Å². The number of aryl methyl sites for hydroxylation is 2. The average molecular weight is 390 g/mol. The molecule has 0 aromatic carbocycles. The number of carbonyl (C=O) groups excluding carboxylic acids is 2. The second-order valence-corrected chi connectivity index (χ2v) is 7.16. The van der Waals surface area contributed by atoms with Crippen molar-refractivity contribution in [1.82, 2.24) is 24.5 Å². The Hall–Kier alpha value is -2.75. The molecule has 1 aliphatic heterocycles. The van der Waals surface area contributed by atoms with Gasteiger partial charge in [-0.15, -0.1) is 5.10 Å². The molecule has 0 bridgehead atoms. The zero-order valence-electron chi connectivity index (χ0n) is 16.6. The largest absolute Gasteiger partial charge is 0.456 e. The number of nitrogen functional groups attached to an aromatic ring is 1. The van der Waals surface area contributed by atoms with E-state index in [1.807, 2.05) is 27.7 Å². The van der Waals surface area contributed by atoms with Gasteiger partial charge in [0.25, 0.3) is 11.7 Å². The molecule has 1 aliphatic rings. The minimum absolute atomic E-state index is 0.0254. The minimum Gasteiger partial charge on any atom is -0.456 e. The molecular formula is C18H26N6O4.